The fourth-order valence-corrected chi connectivity index (χ4v) is 0.860. The molecule has 0 atom stereocenters. The lowest BCUT2D eigenvalue weighted by atomic mass is 10.3. The highest BCUT2D eigenvalue weighted by Gasteiger charge is 1.91. The summed E-state index contributed by atoms with van der Waals surface area (Å²) >= 11 is 0. The number of hydrogen-bond donors (Lipinski definition) is 3. The van der Waals surface area contributed by atoms with Gasteiger partial charge >= 0.3 is 0 Å². The van der Waals surface area contributed by atoms with Gasteiger partial charge in [-0.25, -0.2) is 0 Å². The molecule has 0 unspecified atom stereocenters. The second kappa shape index (κ2) is 4.92. The fraction of sp³-hybridized carbons (Fsp3) is 0.333. The number of hydrogen-bond acceptors (Lipinski definition) is 3. The molecular formula is C9H12N4O. The minimum absolute atomic E-state index is 0.0439. The number of carbonyl (C=O) groups excluding carboxylic acids is 1. The van der Waals surface area contributed by atoms with Gasteiger partial charge in [0.25, 0.3) is 0 Å². The molecule has 1 amide bonds. The van der Waals surface area contributed by atoms with E-state index in [4.69, 9.17) is 5.73 Å². The number of aromatic nitrogens is 2. The molecule has 0 saturated heterocycles. The fourth-order valence-electron chi connectivity index (χ4n) is 0.860. The molecule has 0 aliphatic heterocycles. The van der Waals surface area contributed by atoms with Crippen LogP contribution in [-0.2, 0) is 4.79 Å². The zero-order valence-electron chi connectivity index (χ0n) is 7.92. The van der Waals surface area contributed by atoms with E-state index in [0.29, 0.717) is 24.5 Å². The van der Waals surface area contributed by atoms with Crippen LogP contribution in [0.4, 0.5) is 5.82 Å². The second-order valence-electron chi connectivity index (χ2n) is 2.74. The summed E-state index contributed by atoms with van der Waals surface area (Å²) in [4.78, 5) is 10.5. The summed E-state index contributed by atoms with van der Waals surface area (Å²) in [6.07, 6.45) is 0.610. The van der Waals surface area contributed by atoms with Crippen molar-refractivity contribution >= 4 is 11.7 Å². The lowest BCUT2D eigenvalue weighted by Crippen LogP contribution is -2.20. The van der Waals surface area contributed by atoms with Crippen LogP contribution in [0.25, 0.3) is 0 Å². The first-order valence-electron chi connectivity index (χ1n) is 4.22. The van der Waals surface area contributed by atoms with Gasteiger partial charge in [-0.15, -0.1) is 0 Å². The summed E-state index contributed by atoms with van der Waals surface area (Å²) in [5.41, 5.74) is 6.07. The van der Waals surface area contributed by atoms with Gasteiger partial charge in [0.05, 0.1) is 0 Å². The average molecular weight is 192 g/mol. The van der Waals surface area contributed by atoms with Gasteiger partial charge in [-0.1, -0.05) is 5.92 Å². The molecule has 0 saturated carbocycles. The van der Waals surface area contributed by atoms with Crippen molar-refractivity contribution < 1.29 is 4.79 Å². The predicted octanol–water partition coefficient (Wildman–Crippen LogP) is -0.130. The number of nitrogens with zero attached hydrogens (tertiary/aromatic N) is 1. The molecule has 14 heavy (non-hydrogen) atoms. The Balaban J connectivity index is 2.30. The first kappa shape index (κ1) is 10.1. The van der Waals surface area contributed by atoms with Gasteiger partial charge in [0.1, 0.15) is 11.5 Å². The molecule has 1 rings (SSSR count). The van der Waals surface area contributed by atoms with E-state index in [1.54, 1.807) is 6.07 Å². The summed E-state index contributed by atoms with van der Waals surface area (Å²) in [5, 5.41) is 9.04. The first-order valence-corrected chi connectivity index (χ1v) is 4.22. The lowest BCUT2D eigenvalue weighted by Gasteiger charge is -1.94. The van der Waals surface area contributed by atoms with Crippen LogP contribution in [0.15, 0.2) is 6.07 Å². The Morgan fingerprint density at radius 3 is 3.14 bits per heavy atom. The Hall–Kier alpha value is -1.96. The Bertz CT molecular complexity index is 372. The summed E-state index contributed by atoms with van der Waals surface area (Å²) < 4.78 is 0. The van der Waals surface area contributed by atoms with Crippen molar-refractivity contribution in [2.45, 2.75) is 13.3 Å². The van der Waals surface area contributed by atoms with Crippen LogP contribution in [0.2, 0.25) is 0 Å². The van der Waals surface area contributed by atoms with Crippen molar-refractivity contribution in [2.24, 2.45) is 0 Å². The predicted molar refractivity (Wildman–Crippen MR) is 53.2 cm³/mol. The van der Waals surface area contributed by atoms with Gasteiger partial charge in [0.15, 0.2) is 0 Å². The van der Waals surface area contributed by atoms with E-state index >= 15 is 0 Å². The highest BCUT2D eigenvalue weighted by molar-refractivity contribution is 5.72. The number of nitrogens with two attached hydrogens (primary N) is 1. The zero-order valence-corrected chi connectivity index (χ0v) is 7.92. The molecule has 0 bridgehead atoms. The Morgan fingerprint density at radius 1 is 1.79 bits per heavy atom. The molecule has 5 nitrogen and oxygen atoms in total. The van der Waals surface area contributed by atoms with Gasteiger partial charge in [-0.3, -0.25) is 9.89 Å². The molecule has 0 aromatic carbocycles. The molecule has 74 valence electrons. The number of nitrogen functional groups attached to an aromatic ring is 1. The van der Waals surface area contributed by atoms with Gasteiger partial charge in [0.2, 0.25) is 5.91 Å². The van der Waals surface area contributed by atoms with E-state index in [-0.39, 0.29) is 5.91 Å². The van der Waals surface area contributed by atoms with Crippen molar-refractivity contribution in [3.63, 3.8) is 0 Å². The maximum absolute atomic E-state index is 10.5. The summed E-state index contributed by atoms with van der Waals surface area (Å²) in [6.45, 7) is 2.04. The molecule has 4 N–H and O–H groups in total. The smallest absolute Gasteiger partial charge is 0.216 e. The van der Waals surface area contributed by atoms with Crippen LogP contribution >= 0.6 is 0 Å². The highest BCUT2D eigenvalue weighted by atomic mass is 16.1. The lowest BCUT2D eigenvalue weighted by molar-refractivity contribution is -0.118. The zero-order chi connectivity index (χ0) is 10.4. The molecule has 0 radical (unpaired) electrons. The minimum atomic E-state index is -0.0439. The van der Waals surface area contributed by atoms with E-state index in [2.05, 4.69) is 27.4 Å². The SMILES string of the molecule is CC(=O)NCCC#Cc1cc(N)n[nH]1. The standard InChI is InChI=1S/C9H12N4O/c1-7(14)11-5-3-2-4-8-6-9(10)13-12-8/h6H,3,5H2,1H3,(H,11,14)(H3,10,12,13). The van der Waals surface area contributed by atoms with Crippen molar-refractivity contribution in [3.8, 4) is 11.8 Å². The third-order valence-electron chi connectivity index (χ3n) is 1.44. The van der Waals surface area contributed by atoms with Crippen LogP contribution in [0.1, 0.15) is 19.0 Å². The van der Waals surface area contributed by atoms with Crippen LogP contribution in [0, 0.1) is 11.8 Å². The van der Waals surface area contributed by atoms with Crippen molar-refractivity contribution in [1.29, 1.82) is 0 Å². The van der Waals surface area contributed by atoms with E-state index < -0.39 is 0 Å². The van der Waals surface area contributed by atoms with Crippen molar-refractivity contribution in [2.75, 3.05) is 12.3 Å². The maximum Gasteiger partial charge on any atom is 0.216 e. The number of aromatic amines is 1. The summed E-state index contributed by atoms with van der Waals surface area (Å²) in [6, 6.07) is 1.66. The van der Waals surface area contributed by atoms with E-state index in [1.165, 1.54) is 6.92 Å². The average Bonchev–Trinajstić information content (AvgIpc) is 2.50. The number of nitrogens with one attached hydrogen (secondary N) is 2. The quantitative estimate of drug-likeness (QED) is 0.451. The Labute approximate surface area is 82.1 Å². The molecule has 0 aliphatic carbocycles. The first-order chi connectivity index (χ1) is 6.68. The van der Waals surface area contributed by atoms with Gasteiger partial charge in [-0.2, -0.15) is 5.10 Å². The molecule has 5 heteroatoms. The van der Waals surface area contributed by atoms with Gasteiger partial charge < -0.3 is 11.1 Å². The van der Waals surface area contributed by atoms with Crippen molar-refractivity contribution in [3.05, 3.63) is 11.8 Å². The van der Waals surface area contributed by atoms with Crippen LogP contribution < -0.4 is 11.1 Å². The third-order valence-corrected chi connectivity index (χ3v) is 1.44. The molecule has 0 fully saturated rings. The molecule has 0 aliphatic rings. The molecule has 1 aromatic rings. The number of rotatable bonds is 2. The van der Waals surface area contributed by atoms with E-state index in [1.807, 2.05) is 0 Å². The molecule has 1 aromatic heterocycles. The van der Waals surface area contributed by atoms with Crippen LogP contribution in [-0.4, -0.2) is 22.6 Å². The Kier molecular flexibility index (Phi) is 3.56. The van der Waals surface area contributed by atoms with E-state index in [0.717, 1.165) is 0 Å². The van der Waals surface area contributed by atoms with Gasteiger partial charge in [-0.05, 0) is 5.92 Å². The number of H-pyrrole nitrogens is 1. The number of carbonyl (C=O) groups is 1. The van der Waals surface area contributed by atoms with Crippen LogP contribution in [0.3, 0.4) is 0 Å². The molecule has 1 heterocycles. The molecular weight excluding hydrogens is 180 g/mol. The minimum Gasteiger partial charge on any atom is -0.382 e. The number of anilines is 1. The number of amides is 1. The maximum atomic E-state index is 10.5. The largest absolute Gasteiger partial charge is 0.382 e. The van der Waals surface area contributed by atoms with Crippen molar-refractivity contribution in [1.82, 2.24) is 15.5 Å². The Morgan fingerprint density at radius 2 is 2.57 bits per heavy atom. The second-order valence-corrected chi connectivity index (χ2v) is 2.74. The molecule has 0 spiro atoms. The normalized spacial score (nSPS) is 8.93. The van der Waals surface area contributed by atoms with Crippen LogP contribution in [0.5, 0.6) is 0 Å². The topological polar surface area (TPSA) is 83.8 Å². The monoisotopic (exact) mass is 192 g/mol. The van der Waals surface area contributed by atoms with Gasteiger partial charge in [0, 0.05) is 26.0 Å². The highest BCUT2D eigenvalue weighted by Crippen LogP contribution is 1.97. The van der Waals surface area contributed by atoms with E-state index in [9.17, 15) is 4.79 Å². The summed E-state index contributed by atoms with van der Waals surface area (Å²) in [7, 11) is 0. The third kappa shape index (κ3) is 3.63. The summed E-state index contributed by atoms with van der Waals surface area (Å²) in [5.74, 6) is 6.10.